The van der Waals surface area contributed by atoms with Gasteiger partial charge >= 0.3 is 5.97 Å². The summed E-state index contributed by atoms with van der Waals surface area (Å²) >= 11 is 0. The van der Waals surface area contributed by atoms with Crippen molar-refractivity contribution in [3.63, 3.8) is 0 Å². The molecule has 104 valence electrons. The second-order valence-electron chi connectivity index (χ2n) is 6.52. The van der Waals surface area contributed by atoms with Gasteiger partial charge in [0.05, 0.1) is 5.56 Å². The fraction of sp³-hybridized carbons (Fsp3) is 0.600. The lowest BCUT2D eigenvalue weighted by atomic mass is 9.80. The Balaban J connectivity index is 2.47. The molecule has 19 heavy (non-hydrogen) atoms. The van der Waals surface area contributed by atoms with E-state index in [4.69, 9.17) is 5.11 Å². The van der Waals surface area contributed by atoms with Crippen LogP contribution < -0.4 is 4.90 Å². The third-order valence-corrected chi connectivity index (χ3v) is 4.01. The zero-order valence-corrected chi connectivity index (χ0v) is 12.1. The fourth-order valence-corrected chi connectivity index (χ4v) is 3.29. The van der Waals surface area contributed by atoms with Crippen LogP contribution in [0, 0.1) is 0 Å². The lowest BCUT2D eigenvalue weighted by molar-refractivity contribution is 0.0696. The van der Waals surface area contributed by atoms with E-state index in [1.807, 2.05) is 0 Å². The molecule has 1 aliphatic rings. The molecule has 1 N–H and O–H groups in total. The highest BCUT2D eigenvalue weighted by atomic mass is 16.4. The monoisotopic (exact) mass is 262 g/mol. The van der Waals surface area contributed by atoms with E-state index < -0.39 is 5.97 Å². The average molecular weight is 262 g/mol. The average Bonchev–Trinajstić information content (AvgIpc) is 2.26. The number of carboxylic acids is 1. The van der Waals surface area contributed by atoms with E-state index >= 15 is 0 Å². The maximum Gasteiger partial charge on any atom is 0.335 e. The zero-order chi connectivity index (χ0) is 14.3. The molecule has 0 aliphatic carbocycles. The Kier molecular flexibility index (Phi) is 3.29. The van der Waals surface area contributed by atoms with Crippen LogP contribution in [0.1, 0.15) is 57.3 Å². The highest BCUT2D eigenvalue weighted by molar-refractivity contribution is 5.88. The standard InChI is InChI=1S/C15H22N2O2/c1-14(2)7-5-8-15(3,4)17(14)12-10-11(13(18)19)6-9-16-12/h6,9-10H,5,7-8H2,1-4H3,(H,18,19). The van der Waals surface area contributed by atoms with Gasteiger partial charge in [0.25, 0.3) is 0 Å². The first-order chi connectivity index (χ1) is 8.74. The summed E-state index contributed by atoms with van der Waals surface area (Å²) in [5.41, 5.74) is 0.278. The van der Waals surface area contributed by atoms with Crippen molar-refractivity contribution in [1.29, 1.82) is 0 Å². The number of hydrogen-bond acceptors (Lipinski definition) is 3. The lowest BCUT2D eigenvalue weighted by Gasteiger charge is -2.53. The van der Waals surface area contributed by atoms with Crippen molar-refractivity contribution in [3.05, 3.63) is 23.9 Å². The van der Waals surface area contributed by atoms with E-state index in [0.29, 0.717) is 5.56 Å². The molecular formula is C15H22N2O2. The number of anilines is 1. The van der Waals surface area contributed by atoms with E-state index in [1.54, 1.807) is 12.3 Å². The predicted molar refractivity (Wildman–Crippen MR) is 75.7 cm³/mol. The van der Waals surface area contributed by atoms with Crippen molar-refractivity contribution in [1.82, 2.24) is 4.98 Å². The minimum Gasteiger partial charge on any atom is -0.478 e. The molecule has 4 heteroatoms. The first-order valence-corrected chi connectivity index (χ1v) is 6.74. The lowest BCUT2D eigenvalue weighted by Crippen LogP contribution is -2.59. The molecule has 0 amide bonds. The molecule has 0 spiro atoms. The Hall–Kier alpha value is -1.58. The summed E-state index contributed by atoms with van der Waals surface area (Å²) in [7, 11) is 0. The number of hydrogen-bond donors (Lipinski definition) is 1. The van der Waals surface area contributed by atoms with Crippen LogP contribution in [0.2, 0.25) is 0 Å². The normalized spacial score (nSPS) is 21.2. The number of rotatable bonds is 2. The molecule has 1 saturated heterocycles. The molecule has 0 saturated carbocycles. The summed E-state index contributed by atoms with van der Waals surface area (Å²) < 4.78 is 0. The highest BCUT2D eigenvalue weighted by Crippen LogP contribution is 2.41. The number of pyridine rings is 1. The summed E-state index contributed by atoms with van der Waals surface area (Å²) in [5.74, 6) is -0.147. The number of piperidine rings is 1. The molecule has 0 aromatic carbocycles. The first-order valence-electron chi connectivity index (χ1n) is 6.74. The predicted octanol–water partition coefficient (Wildman–Crippen LogP) is 3.33. The van der Waals surface area contributed by atoms with Crippen molar-refractivity contribution in [3.8, 4) is 0 Å². The van der Waals surface area contributed by atoms with E-state index in [9.17, 15) is 4.79 Å². The summed E-state index contributed by atoms with van der Waals surface area (Å²) in [6.45, 7) is 8.79. The third-order valence-electron chi connectivity index (χ3n) is 4.01. The Morgan fingerprint density at radius 2 is 1.84 bits per heavy atom. The first kappa shape index (κ1) is 13.8. The molecule has 1 aromatic heterocycles. The molecule has 0 atom stereocenters. The van der Waals surface area contributed by atoms with Crippen LogP contribution in [0.5, 0.6) is 0 Å². The number of carbonyl (C=O) groups is 1. The topological polar surface area (TPSA) is 53.4 Å². The van der Waals surface area contributed by atoms with Crippen LogP contribution in [-0.4, -0.2) is 27.1 Å². The van der Waals surface area contributed by atoms with Gasteiger partial charge in [-0.25, -0.2) is 9.78 Å². The quantitative estimate of drug-likeness (QED) is 0.888. The van der Waals surface area contributed by atoms with Crippen molar-refractivity contribution >= 4 is 11.8 Å². The van der Waals surface area contributed by atoms with Crippen LogP contribution in [0.15, 0.2) is 18.3 Å². The molecule has 1 fully saturated rings. The van der Waals surface area contributed by atoms with Gasteiger partial charge in [-0.2, -0.15) is 0 Å². The molecular weight excluding hydrogens is 240 g/mol. The molecule has 0 radical (unpaired) electrons. The van der Waals surface area contributed by atoms with Gasteiger partial charge in [-0.3, -0.25) is 0 Å². The molecule has 2 rings (SSSR count). The molecule has 0 unspecified atom stereocenters. The van der Waals surface area contributed by atoms with Gasteiger partial charge in [0.15, 0.2) is 0 Å². The molecule has 4 nitrogen and oxygen atoms in total. The summed E-state index contributed by atoms with van der Waals surface area (Å²) in [6.07, 6.45) is 4.96. The van der Waals surface area contributed by atoms with E-state index in [2.05, 4.69) is 37.6 Å². The van der Waals surface area contributed by atoms with Crippen LogP contribution in [-0.2, 0) is 0 Å². The van der Waals surface area contributed by atoms with Crippen LogP contribution in [0.4, 0.5) is 5.82 Å². The summed E-state index contributed by atoms with van der Waals surface area (Å²) in [6, 6.07) is 3.22. The van der Waals surface area contributed by atoms with Crippen molar-refractivity contribution < 1.29 is 9.90 Å². The molecule has 2 heterocycles. The van der Waals surface area contributed by atoms with Crippen LogP contribution in [0.25, 0.3) is 0 Å². The van der Waals surface area contributed by atoms with Crippen LogP contribution in [0.3, 0.4) is 0 Å². The number of carboxylic acid groups (broad SMARTS) is 1. The maximum absolute atomic E-state index is 11.1. The third kappa shape index (κ3) is 2.57. The number of nitrogens with zero attached hydrogens (tertiary/aromatic N) is 2. The van der Waals surface area contributed by atoms with Gasteiger partial charge < -0.3 is 10.0 Å². The summed E-state index contributed by atoms with van der Waals surface area (Å²) in [4.78, 5) is 17.8. The fourth-order valence-electron chi connectivity index (χ4n) is 3.29. The Labute approximate surface area is 114 Å². The Morgan fingerprint density at radius 3 is 2.37 bits per heavy atom. The minimum atomic E-state index is -0.906. The van der Waals surface area contributed by atoms with Gasteiger partial charge in [0.2, 0.25) is 0 Å². The Morgan fingerprint density at radius 1 is 1.26 bits per heavy atom. The zero-order valence-electron chi connectivity index (χ0n) is 12.1. The Bertz CT molecular complexity index is 479. The smallest absolute Gasteiger partial charge is 0.335 e. The number of aromatic carboxylic acids is 1. The largest absolute Gasteiger partial charge is 0.478 e. The molecule has 1 aliphatic heterocycles. The van der Waals surface area contributed by atoms with Gasteiger partial charge in [-0.1, -0.05) is 0 Å². The van der Waals surface area contributed by atoms with Crippen molar-refractivity contribution in [2.75, 3.05) is 4.90 Å². The van der Waals surface area contributed by atoms with Gasteiger partial charge in [-0.05, 0) is 59.1 Å². The molecule has 0 bridgehead atoms. The van der Waals surface area contributed by atoms with Crippen LogP contribution >= 0.6 is 0 Å². The second-order valence-corrected chi connectivity index (χ2v) is 6.52. The minimum absolute atomic E-state index is 0.00806. The van der Waals surface area contributed by atoms with E-state index in [1.165, 1.54) is 12.5 Å². The number of aromatic nitrogens is 1. The second kappa shape index (κ2) is 4.51. The van der Waals surface area contributed by atoms with Crippen molar-refractivity contribution in [2.24, 2.45) is 0 Å². The molecule has 1 aromatic rings. The summed E-state index contributed by atoms with van der Waals surface area (Å²) in [5, 5.41) is 9.12. The van der Waals surface area contributed by atoms with E-state index in [-0.39, 0.29) is 11.1 Å². The SMILES string of the molecule is CC1(C)CCCC(C)(C)N1c1cc(C(=O)O)ccn1. The highest BCUT2D eigenvalue weighted by Gasteiger charge is 2.42. The van der Waals surface area contributed by atoms with Gasteiger partial charge in [0.1, 0.15) is 5.82 Å². The van der Waals surface area contributed by atoms with Gasteiger partial charge in [-0.15, -0.1) is 0 Å². The van der Waals surface area contributed by atoms with E-state index in [0.717, 1.165) is 18.7 Å². The maximum atomic E-state index is 11.1. The van der Waals surface area contributed by atoms with Gasteiger partial charge in [0, 0.05) is 17.3 Å². The van der Waals surface area contributed by atoms with Crippen molar-refractivity contribution in [2.45, 2.75) is 58.0 Å².